The molecule has 13 nitrogen and oxygen atoms in total. The number of aromatic nitrogens is 3. The van der Waals surface area contributed by atoms with Gasteiger partial charge >= 0.3 is 13.7 Å². The van der Waals surface area contributed by atoms with Gasteiger partial charge in [0.2, 0.25) is 0 Å². The maximum Gasteiger partial charge on any atom is 0.459 e. The highest BCUT2D eigenvalue weighted by Crippen LogP contribution is 2.68. The molecule has 2 aliphatic carbocycles. The van der Waals surface area contributed by atoms with E-state index in [0.717, 1.165) is 25.7 Å². The molecule has 2 saturated carbocycles. The molecule has 41 heavy (non-hydrogen) atoms. The number of carbonyl (C=O) groups is 1. The molecule has 3 aromatic rings. The number of nitrogen functional groups attached to an aromatic ring is 1. The number of rotatable bonds is 10. The van der Waals surface area contributed by atoms with Crippen LogP contribution in [0.5, 0.6) is 5.75 Å². The number of ether oxygens (including phenoxy) is 2. The number of hydrogen-bond donors (Lipinski definition) is 4. The molecule has 0 spiro atoms. The number of aliphatic hydroxyl groups excluding tert-OH is 1. The second-order valence-corrected chi connectivity index (χ2v) is 12.6. The lowest BCUT2D eigenvalue weighted by molar-refractivity contribution is -0.151. The average molecular weight is 588 g/mol. The summed E-state index contributed by atoms with van der Waals surface area (Å²) < 4.78 is 39.3. The fourth-order valence-electron chi connectivity index (χ4n) is 5.91. The lowest BCUT2D eigenvalue weighted by Gasteiger charge is -2.28. The van der Waals surface area contributed by atoms with Crippen molar-refractivity contribution in [2.24, 2.45) is 0 Å². The number of hydrogen-bond acceptors (Lipinski definition) is 11. The molecular weight excluding hydrogens is 553 g/mol. The molecule has 0 radical (unpaired) electrons. The quantitative estimate of drug-likeness (QED) is 0.202. The molecule has 0 amide bonds. The van der Waals surface area contributed by atoms with E-state index in [-0.39, 0.29) is 24.1 Å². The predicted octanol–water partition coefficient (Wildman–Crippen LogP) is 2.67. The molecule has 1 aliphatic heterocycles. The first-order chi connectivity index (χ1) is 19.6. The van der Waals surface area contributed by atoms with Crippen molar-refractivity contribution in [2.75, 3.05) is 5.73 Å². The van der Waals surface area contributed by atoms with Crippen LogP contribution in [0.4, 0.5) is 5.82 Å². The minimum Gasteiger partial charge on any atom is -0.461 e. The SMILES string of the molecule is CC[C@H](N[P@@](=O)(Oc1ccccc1)OC1[C@@]2(C)O[C@@H](c3ccc4c(N)ncnn34)[C@H](O)[C@@]12O)C(=O)OC1CCCC1. The topological polar surface area (TPSA) is 180 Å². The summed E-state index contributed by atoms with van der Waals surface area (Å²) in [7, 11) is -4.34. The van der Waals surface area contributed by atoms with Gasteiger partial charge in [0.25, 0.3) is 0 Å². The first kappa shape index (κ1) is 28.1. The summed E-state index contributed by atoms with van der Waals surface area (Å²) in [6, 6.07) is 10.7. The summed E-state index contributed by atoms with van der Waals surface area (Å²) in [5, 5.41) is 29.8. The Morgan fingerprint density at radius 1 is 1.27 bits per heavy atom. The van der Waals surface area contributed by atoms with Gasteiger partial charge in [-0.05, 0) is 63.3 Å². The Morgan fingerprint density at radius 2 is 2.00 bits per heavy atom. The second kappa shape index (κ2) is 10.3. The summed E-state index contributed by atoms with van der Waals surface area (Å²) in [6.07, 6.45) is 1.18. The highest BCUT2D eigenvalue weighted by Gasteiger charge is 2.87. The van der Waals surface area contributed by atoms with E-state index in [4.69, 9.17) is 24.3 Å². The number of fused-ring (bicyclic) bond motifs is 2. The number of carbonyl (C=O) groups excluding carboxylic acids is 1. The van der Waals surface area contributed by atoms with Crippen LogP contribution >= 0.6 is 7.75 Å². The fraction of sp³-hybridized carbons (Fsp3) is 0.519. The van der Waals surface area contributed by atoms with Crippen molar-refractivity contribution in [3.63, 3.8) is 0 Å². The third-order valence-corrected chi connectivity index (χ3v) is 9.90. The number of nitrogens with one attached hydrogen (secondary N) is 1. The van der Waals surface area contributed by atoms with Crippen LogP contribution in [0.2, 0.25) is 0 Å². The van der Waals surface area contributed by atoms with Crippen LogP contribution in [-0.4, -0.2) is 66.3 Å². The van der Waals surface area contributed by atoms with Gasteiger partial charge in [0.1, 0.15) is 53.7 Å². The molecule has 1 aromatic carbocycles. The lowest BCUT2D eigenvalue weighted by Crippen LogP contribution is -2.40. The highest BCUT2D eigenvalue weighted by atomic mass is 31.2. The van der Waals surface area contributed by atoms with Crippen molar-refractivity contribution in [2.45, 2.75) is 87.6 Å². The van der Waals surface area contributed by atoms with Crippen LogP contribution in [0.15, 0.2) is 48.8 Å². The molecule has 6 rings (SSSR count). The van der Waals surface area contributed by atoms with Crippen LogP contribution in [0.25, 0.3) is 5.52 Å². The Balaban J connectivity index is 1.24. The molecule has 220 valence electrons. The van der Waals surface area contributed by atoms with Crippen LogP contribution in [0, 0.1) is 0 Å². The number of nitrogens with zero attached hydrogens (tertiary/aromatic N) is 3. The van der Waals surface area contributed by atoms with Gasteiger partial charge < -0.3 is 29.9 Å². The van der Waals surface area contributed by atoms with E-state index in [2.05, 4.69) is 15.2 Å². The van der Waals surface area contributed by atoms with E-state index < -0.39 is 49.3 Å². The third kappa shape index (κ3) is 4.70. The second-order valence-electron chi connectivity index (χ2n) is 10.9. The largest absolute Gasteiger partial charge is 0.461 e. The Labute approximate surface area is 236 Å². The summed E-state index contributed by atoms with van der Waals surface area (Å²) in [5.41, 5.74) is 3.50. The molecule has 5 N–H and O–H groups in total. The number of benzene rings is 1. The van der Waals surface area contributed by atoms with Crippen LogP contribution in [0.3, 0.4) is 0 Å². The average Bonchev–Trinajstić information content (AvgIpc) is 3.49. The number of anilines is 1. The van der Waals surface area contributed by atoms with E-state index in [9.17, 15) is 19.6 Å². The van der Waals surface area contributed by atoms with E-state index in [1.165, 1.54) is 10.8 Å². The molecule has 3 aliphatic rings. The summed E-state index contributed by atoms with van der Waals surface area (Å²) in [4.78, 5) is 17.0. The monoisotopic (exact) mass is 587 g/mol. The molecule has 7 atom stereocenters. The standard InChI is InChI=1S/C27H34N5O8P/c1-3-18(24(34)37-16-9-7-8-10-16)31-41(36,39-17-11-5-4-6-12-17)40-25-26(2)27(25,35)22(33)21(38-26)19-13-14-20-23(28)29-15-30-32(19)20/h4-6,11-16,18,21-22,25,33,35H,3,7-10H2,1-2H3,(H,31,36)(H2,28,29,30)/t18-,21-,22-,25?,26+,27+,41+/m0/s1. The maximum atomic E-state index is 14.2. The molecule has 0 bridgehead atoms. The lowest BCUT2D eigenvalue weighted by atomic mass is 10.0. The Bertz CT molecular complexity index is 1480. The smallest absolute Gasteiger partial charge is 0.459 e. The molecule has 3 fully saturated rings. The van der Waals surface area contributed by atoms with Crippen molar-refractivity contribution >= 4 is 25.1 Å². The zero-order chi connectivity index (χ0) is 29.0. The van der Waals surface area contributed by atoms with Gasteiger partial charge in [0.05, 0.1) is 5.69 Å². The van der Waals surface area contributed by atoms with Gasteiger partial charge in [0, 0.05) is 0 Å². The third-order valence-electron chi connectivity index (χ3n) is 8.33. The van der Waals surface area contributed by atoms with E-state index >= 15 is 0 Å². The summed E-state index contributed by atoms with van der Waals surface area (Å²) in [5.74, 6) is -0.0860. The first-order valence-corrected chi connectivity index (χ1v) is 15.3. The first-order valence-electron chi connectivity index (χ1n) is 13.8. The Hall–Kier alpha value is -3.06. The Kier molecular flexibility index (Phi) is 7.08. The Morgan fingerprint density at radius 3 is 2.66 bits per heavy atom. The summed E-state index contributed by atoms with van der Waals surface area (Å²) in [6.45, 7) is 3.30. The predicted molar refractivity (Wildman–Crippen MR) is 146 cm³/mol. The van der Waals surface area contributed by atoms with Crippen molar-refractivity contribution in [1.29, 1.82) is 0 Å². The van der Waals surface area contributed by atoms with E-state index in [1.54, 1.807) is 56.3 Å². The van der Waals surface area contributed by atoms with E-state index in [0.29, 0.717) is 11.2 Å². The number of para-hydroxylation sites is 1. The molecule has 1 unspecified atom stereocenters. The van der Waals surface area contributed by atoms with Crippen molar-refractivity contribution in [1.82, 2.24) is 19.7 Å². The van der Waals surface area contributed by atoms with Gasteiger partial charge in [-0.1, -0.05) is 25.1 Å². The van der Waals surface area contributed by atoms with Gasteiger partial charge in [-0.15, -0.1) is 0 Å². The van der Waals surface area contributed by atoms with Crippen molar-refractivity contribution < 1.29 is 38.1 Å². The van der Waals surface area contributed by atoms with Gasteiger partial charge in [-0.2, -0.15) is 10.2 Å². The van der Waals surface area contributed by atoms with Gasteiger partial charge in [0.15, 0.2) is 11.4 Å². The zero-order valence-corrected chi connectivity index (χ0v) is 23.6. The minimum atomic E-state index is -4.34. The molecule has 2 aromatic heterocycles. The number of nitrogens with two attached hydrogens (primary N) is 1. The number of esters is 1. The van der Waals surface area contributed by atoms with Gasteiger partial charge in [-0.3, -0.25) is 9.32 Å². The summed E-state index contributed by atoms with van der Waals surface area (Å²) >= 11 is 0. The molecule has 14 heteroatoms. The van der Waals surface area contributed by atoms with Crippen molar-refractivity contribution in [3.05, 3.63) is 54.5 Å². The molecule has 1 saturated heterocycles. The number of aliphatic hydroxyl groups is 2. The fourth-order valence-corrected chi connectivity index (χ4v) is 7.77. The van der Waals surface area contributed by atoms with Crippen LogP contribution < -0.4 is 15.3 Å². The van der Waals surface area contributed by atoms with Crippen LogP contribution in [0.1, 0.15) is 57.7 Å². The molecular formula is C27H34N5O8P. The zero-order valence-electron chi connectivity index (χ0n) is 22.8. The minimum absolute atomic E-state index is 0.178. The highest BCUT2D eigenvalue weighted by molar-refractivity contribution is 7.52. The van der Waals surface area contributed by atoms with Crippen molar-refractivity contribution in [3.8, 4) is 5.75 Å². The molecule has 3 heterocycles. The van der Waals surface area contributed by atoms with E-state index in [1.807, 2.05) is 0 Å². The van der Waals surface area contributed by atoms with Crippen LogP contribution in [-0.2, 0) is 23.4 Å². The van der Waals surface area contributed by atoms with Gasteiger partial charge in [-0.25, -0.2) is 14.1 Å². The normalized spacial score (nSPS) is 31.5. The maximum absolute atomic E-state index is 14.2.